The first-order valence-electron chi connectivity index (χ1n) is 8.42. The third-order valence-corrected chi connectivity index (χ3v) is 5.48. The van der Waals surface area contributed by atoms with Gasteiger partial charge in [0, 0.05) is 16.9 Å². The highest BCUT2D eigenvalue weighted by molar-refractivity contribution is 7.92. The van der Waals surface area contributed by atoms with Crippen LogP contribution in [0.25, 0.3) is 0 Å². The van der Waals surface area contributed by atoms with Crippen molar-refractivity contribution in [3.63, 3.8) is 0 Å². The van der Waals surface area contributed by atoms with Crippen molar-refractivity contribution in [3.05, 3.63) is 89.5 Å². The summed E-state index contributed by atoms with van der Waals surface area (Å²) in [4.78, 5) is 12.6. The molecule has 5 nitrogen and oxygen atoms in total. The molecule has 0 heterocycles. The van der Waals surface area contributed by atoms with Crippen LogP contribution in [0.15, 0.2) is 77.7 Å². The van der Waals surface area contributed by atoms with E-state index < -0.39 is 10.0 Å². The van der Waals surface area contributed by atoms with Crippen LogP contribution in [0, 0.1) is 13.8 Å². The molecule has 3 aromatic carbocycles. The van der Waals surface area contributed by atoms with E-state index in [-0.39, 0.29) is 10.8 Å². The van der Waals surface area contributed by atoms with Gasteiger partial charge in [-0.15, -0.1) is 0 Å². The van der Waals surface area contributed by atoms with E-state index in [1.807, 2.05) is 32.0 Å². The Balaban J connectivity index is 1.72. The molecule has 0 fully saturated rings. The van der Waals surface area contributed by atoms with E-state index in [1.165, 1.54) is 12.1 Å². The summed E-state index contributed by atoms with van der Waals surface area (Å²) in [5, 5.41) is 2.87. The van der Waals surface area contributed by atoms with Gasteiger partial charge in [-0.3, -0.25) is 9.52 Å². The van der Waals surface area contributed by atoms with Crippen molar-refractivity contribution in [1.82, 2.24) is 0 Å². The average molecular weight is 380 g/mol. The van der Waals surface area contributed by atoms with Crippen LogP contribution in [0.1, 0.15) is 21.5 Å². The molecule has 0 aromatic heterocycles. The molecule has 1 amide bonds. The number of carbonyl (C=O) groups excluding carboxylic acids is 1. The molecule has 27 heavy (non-hydrogen) atoms. The zero-order chi connectivity index (χ0) is 19.4. The SMILES string of the molecule is Cc1ccc(NC(=O)c2ccc(NS(=O)(=O)c3ccccc3)cc2)c(C)c1. The maximum atomic E-state index is 12.4. The quantitative estimate of drug-likeness (QED) is 0.691. The highest BCUT2D eigenvalue weighted by Gasteiger charge is 2.14. The van der Waals surface area contributed by atoms with Gasteiger partial charge < -0.3 is 5.32 Å². The number of anilines is 2. The summed E-state index contributed by atoms with van der Waals surface area (Å²) in [5.74, 6) is -0.251. The Labute approximate surface area is 159 Å². The first-order valence-corrected chi connectivity index (χ1v) is 9.90. The summed E-state index contributed by atoms with van der Waals surface area (Å²) >= 11 is 0. The topological polar surface area (TPSA) is 75.3 Å². The Morgan fingerprint density at radius 1 is 0.852 bits per heavy atom. The summed E-state index contributed by atoms with van der Waals surface area (Å²) in [6, 6.07) is 20.2. The Bertz CT molecular complexity index is 1060. The van der Waals surface area contributed by atoms with Crippen molar-refractivity contribution in [3.8, 4) is 0 Å². The lowest BCUT2D eigenvalue weighted by Gasteiger charge is -2.11. The number of sulfonamides is 1. The van der Waals surface area contributed by atoms with Crippen molar-refractivity contribution in [2.24, 2.45) is 0 Å². The number of nitrogens with one attached hydrogen (secondary N) is 2. The van der Waals surface area contributed by atoms with Gasteiger partial charge in [0.15, 0.2) is 0 Å². The lowest BCUT2D eigenvalue weighted by molar-refractivity contribution is 0.102. The molecular formula is C21H20N2O3S. The molecule has 0 unspecified atom stereocenters. The lowest BCUT2D eigenvalue weighted by Crippen LogP contribution is -2.14. The fourth-order valence-corrected chi connectivity index (χ4v) is 3.73. The van der Waals surface area contributed by atoms with Crippen LogP contribution in [0.4, 0.5) is 11.4 Å². The van der Waals surface area contributed by atoms with Gasteiger partial charge in [-0.1, -0.05) is 35.9 Å². The highest BCUT2D eigenvalue weighted by atomic mass is 32.2. The van der Waals surface area contributed by atoms with Gasteiger partial charge in [-0.05, 0) is 61.9 Å². The molecule has 0 bridgehead atoms. The smallest absolute Gasteiger partial charge is 0.261 e. The standard InChI is InChI=1S/C21H20N2O3S/c1-15-8-13-20(16(2)14-15)22-21(24)17-9-11-18(12-10-17)23-27(25,26)19-6-4-3-5-7-19/h3-14,23H,1-2H3,(H,22,24). The number of aryl methyl sites for hydroxylation is 2. The van der Waals surface area contributed by atoms with Gasteiger partial charge >= 0.3 is 0 Å². The lowest BCUT2D eigenvalue weighted by atomic mass is 10.1. The van der Waals surface area contributed by atoms with E-state index in [1.54, 1.807) is 42.5 Å². The fraction of sp³-hybridized carbons (Fsp3) is 0.0952. The Morgan fingerprint density at radius 2 is 1.52 bits per heavy atom. The van der Waals surface area contributed by atoms with E-state index in [2.05, 4.69) is 10.0 Å². The first-order chi connectivity index (χ1) is 12.8. The molecule has 0 atom stereocenters. The number of hydrogen-bond acceptors (Lipinski definition) is 3. The molecule has 2 N–H and O–H groups in total. The third kappa shape index (κ3) is 4.54. The zero-order valence-electron chi connectivity index (χ0n) is 15.1. The molecule has 0 aliphatic heterocycles. The van der Waals surface area contributed by atoms with Crippen molar-refractivity contribution >= 4 is 27.3 Å². The molecule has 0 radical (unpaired) electrons. The average Bonchev–Trinajstić information content (AvgIpc) is 2.65. The van der Waals surface area contributed by atoms with Crippen LogP contribution in [-0.2, 0) is 10.0 Å². The minimum atomic E-state index is -3.66. The fourth-order valence-electron chi connectivity index (χ4n) is 2.65. The number of amides is 1. The highest BCUT2D eigenvalue weighted by Crippen LogP contribution is 2.19. The van der Waals surface area contributed by atoms with Crippen molar-refractivity contribution in [2.75, 3.05) is 10.0 Å². The van der Waals surface area contributed by atoms with Gasteiger partial charge in [0.25, 0.3) is 15.9 Å². The van der Waals surface area contributed by atoms with E-state index in [4.69, 9.17) is 0 Å². The van der Waals surface area contributed by atoms with Gasteiger partial charge in [-0.25, -0.2) is 8.42 Å². The number of rotatable bonds is 5. The van der Waals surface area contributed by atoms with Gasteiger partial charge in [0.2, 0.25) is 0 Å². The molecule has 3 rings (SSSR count). The van der Waals surface area contributed by atoms with Crippen LogP contribution in [-0.4, -0.2) is 14.3 Å². The van der Waals surface area contributed by atoms with Gasteiger partial charge in [-0.2, -0.15) is 0 Å². The maximum Gasteiger partial charge on any atom is 0.261 e. The summed E-state index contributed by atoms with van der Waals surface area (Å²) in [6.45, 7) is 3.93. The minimum Gasteiger partial charge on any atom is -0.322 e. The number of carbonyl (C=O) groups is 1. The molecule has 3 aromatic rings. The van der Waals surface area contributed by atoms with Crippen LogP contribution in [0.3, 0.4) is 0 Å². The zero-order valence-corrected chi connectivity index (χ0v) is 15.9. The Hall–Kier alpha value is -3.12. The minimum absolute atomic E-state index is 0.182. The molecule has 0 saturated carbocycles. The van der Waals surface area contributed by atoms with Crippen molar-refractivity contribution < 1.29 is 13.2 Å². The van der Waals surface area contributed by atoms with Crippen LogP contribution in [0.5, 0.6) is 0 Å². The van der Waals surface area contributed by atoms with Gasteiger partial charge in [0.05, 0.1) is 4.90 Å². The maximum absolute atomic E-state index is 12.4. The molecule has 0 aliphatic carbocycles. The largest absolute Gasteiger partial charge is 0.322 e. The van der Waals surface area contributed by atoms with E-state index in [0.29, 0.717) is 11.3 Å². The monoisotopic (exact) mass is 380 g/mol. The van der Waals surface area contributed by atoms with Crippen LogP contribution < -0.4 is 10.0 Å². The predicted octanol–water partition coefficient (Wildman–Crippen LogP) is 4.36. The summed E-state index contributed by atoms with van der Waals surface area (Å²) < 4.78 is 27.2. The van der Waals surface area contributed by atoms with Crippen LogP contribution in [0.2, 0.25) is 0 Å². The predicted molar refractivity (Wildman–Crippen MR) is 108 cm³/mol. The molecular weight excluding hydrogens is 360 g/mol. The second-order valence-electron chi connectivity index (χ2n) is 6.27. The van der Waals surface area contributed by atoms with Crippen LogP contribution >= 0.6 is 0 Å². The second-order valence-corrected chi connectivity index (χ2v) is 7.95. The molecule has 0 saturated heterocycles. The molecule has 0 spiro atoms. The Morgan fingerprint density at radius 3 is 2.15 bits per heavy atom. The van der Waals surface area contributed by atoms with E-state index >= 15 is 0 Å². The number of benzene rings is 3. The Kier molecular flexibility index (Phi) is 5.28. The van der Waals surface area contributed by atoms with E-state index in [9.17, 15) is 13.2 Å². The number of hydrogen-bond donors (Lipinski definition) is 2. The summed E-state index contributed by atoms with van der Waals surface area (Å²) in [7, 11) is -3.66. The first kappa shape index (κ1) is 18.7. The summed E-state index contributed by atoms with van der Waals surface area (Å²) in [5.41, 5.74) is 3.69. The molecule has 138 valence electrons. The van der Waals surface area contributed by atoms with E-state index in [0.717, 1.165) is 16.8 Å². The van der Waals surface area contributed by atoms with Gasteiger partial charge in [0.1, 0.15) is 0 Å². The molecule has 0 aliphatic rings. The summed E-state index contributed by atoms with van der Waals surface area (Å²) in [6.07, 6.45) is 0. The normalized spacial score (nSPS) is 11.0. The van der Waals surface area contributed by atoms with Crippen molar-refractivity contribution in [1.29, 1.82) is 0 Å². The molecule has 6 heteroatoms. The second kappa shape index (κ2) is 7.63. The third-order valence-electron chi connectivity index (χ3n) is 4.08. The van der Waals surface area contributed by atoms with Crippen molar-refractivity contribution in [2.45, 2.75) is 18.7 Å².